The molecule has 0 aromatic rings. The van der Waals surface area contributed by atoms with Crippen molar-refractivity contribution in [3.05, 3.63) is 0 Å². The molecule has 0 bridgehead atoms. The molecule has 2 amide bonds. The van der Waals surface area contributed by atoms with Gasteiger partial charge in [-0.15, -0.1) is 0 Å². The lowest BCUT2D eigenvalue weighted by molar-refractivity contribution is -0.139. The van der Waals surface area contributed by atoms with Crippen LogP contribution in [-0.4, -0.2) is 40.9 Å². The highest BCUT2D eigenvalue weighted by molar-refractivity contribution is 7.99. The van der Waals surface area contributed by atoms with Crippen LogP contribution in [0.3, 0.4) is 0 Å². The SMILES string of the molecule is NC(=S)CNC(=O)C(=O)NC1CCSC1. The maximum absolute atomic E-state index is 11.3. The van der Waals surface area contributed by atoms with Crippen molar-refractivity contribution in [1.29, 1.82) is 0 Å². The van der Waals surface area contributed by atoms with Crippen molar-refractivity contribution >= 4 is 40.8 Å². The van der Waals surface area contributed by atoms with E-state index in [2.05, 4.69) is 22.9 Å². The van der Waals surface area contributed by atoms with Crippen molar-refractivity contribution in [2.24, 2.45) is 5.73 Å². The maximum Gasteiger partial charge on any atom is 0.309 e. The Hall–Kier alpha value is -0.820. The molecule has 0 aromatic heterocycles. The molecule has 1 aliphatic rings. The van der Waals surface area contributed by atoms with Gasteiger partial charge in [0.05, 0.1) is 11.5 Å². The number of carbonyl (C=O) groups is 2. The van der Waals surface area contributed by atoms with Crippen LogP contribution in [0.2, 0.25) is 0 Å². The summed E-state index contributed by atoms with van der Waals surface area (Å²) in [6.07, 6.45) is 0.916. The van der Waals surface area contributed by atoms with E-state index in [0.29, 0.717) is 0 Å². The molecular formula is C8H13N3O2S2. The van der Waals surface area contributed by atoms with E-state index >= 15 is 0 Å². The third kappa shape index (κ3) is 4.48. The highest BCUT2D eigenvalue weighted by Crippen LogP contribution is 2.16. The minimum Gasteiger partial charge on any atom is -0.392 e. The first-order chi connectivity index (χ1) is 7.09. The zero-order valence-corrected chi connectivity index (χ0v) is 9.75. The predicted molar refractivity (Wildman–Crippen MR) is 63.7 cm³/mol. The average Bonchev–Trinajstić information content (AvgIpc) is 2.66. The number of thioether (sulfide) groups is 1. The monoisotopic (exact) mass is 247 g/mol. The van der Waals surface area contributed by atoms with Gasteiger partial charge in [0.25, 0.3) is 0 Å². The fourth-order valence-corrected chi connectivity index (χ4v) is 2.37. The third-order valence-corrected chi connectivity index (χ3v) is 3.20. The van der Waals surface area contributed by atoms with Crippen molar-refractivity contribution in [1.82, 2.24) is 10.6 Å². The molecule has 4 N–H and O–H groups in total. The number of nitrogens with one attached hydrogen (secondary N) is 2. The molecule has 0 aromatic carbocycles. The Bertz CT molecular complexity index is 277. The summed E-state index contributed by atoms with van der Waals surface area (Å²) in [4.78, 5) is 22.6. The summed E-state index contributed by atoms with van der Waals surface area (Å²) < 4.78 is 0. The second-order valence-electron chi connectivity index (χ2n) is 3.18. The molecule has 84 valence electrons. The lowest BCUT2D eigenvalue weighted by atomic mass is 10.2. The summed E-state index contributed by atoms with van der Waals surface area (Å²) in [7, 11) is 0. The Balaban J connectivity index is 2.26. The van der Waals surface area contributed by atoms with Gasteiger partial charge in [-0.2, -0.15) is 11.8 Å². The van der Waals surface area contributed by atoms with Crippen LogP contribution in [0.5, 0.6) is 0 Å². The minimum absolute atomic E-state index is 0.0566. The van der Waals surface area contributed by atoms with Gasteiger partial charge in [0, 0.05) is 11.8 Å². The van der Waals surface area contributed by atoms with Gasteiger partial charge >= 0.3 is 11.8 Å². The fourth-order valence-electron chi connectivity index (χ4n) is 1.15. The van der Waals surface area contributed by atoms with Crippen LogP contribution in [0.1, 0.15) is 6.42 Å². The molecule has 7 heteroatoms. The molecule has 0 aliphatic carbocycles. The highest BCUT2D eigenvalue weighted by Gasteiger charge is 2.21. The first kappa shape index (κ1) is 12.3. The summed E-state index contributed by atoms with van der Waals surface area (Å²) in [5, 5.41) is 4.98. The van der Waals surface area contributed by atoms with E-state index < -0.39 is 11.8 Å². The number of carbonyl (C=O) groups excluding carboxylic acids is 2. The van der Waals surface area contributed by atoms with Crippen LogP contribution in [0.4, 0.5) is 0 Å². The van der Waals surface area contributed by atoms with E-state index in [0.717, 1.165) is 17.9 Å². The van der Waals surface area contributed by atoms with Crippen molar-refractivity contribution in [2.75, 3.05) is 18.1 Å². The van der Waals surface area contributed by atoms with E-state index in [4.69, 9.17) is 5.73 Å². The first-order valence-electron chi connectivity index (χ1n) is 4.54. The van der Waals surface area contributed by atoms with E-state index in [9.17, 15) is 9.59 Å². The van der Waals surface area contributed by atoms with Gasteiger partial charge in [0.1, 0.15) is 0 Å². The van der Waals surface area contributed by atoms with Gasteiger partial charge in [0.2, 0.25) is 0 Å². The molecule has 1 heterocycles. The van der Waals surface area contributed by atoms with Gasteiger partial charge in [-0.3, -0.25) is 9.59 Å². The lowest BCUT2D eigenvalue weighted by Gasteiger charge is -2.10. The van der Waals surface area contributed by atoms with Crippen LogP contribution >= 0.6 is 24.0 Å². The second kappa shape index (κ2) is 5.92. The zero-order chi connectivity index (χ0) is 11.3. The number of hydrogen-bond donors (Lipinski definition) is 3. The first-order valence-corrected chi connectivity index (χ1v) is 6.10. The van der Waals surface area contributed by atoms with Crippen LogP contribution in [-0.2, 0) is 9.59 Å². The number of thiocarbonyl (C=S) groups is 1. The van der Waals surface area contributed by atoms with Crippen LogP contribution in [0.25, 0.3) is 0 Å². The molecule has 1 unspecified atom stereocenters. The molecule has 1 atom stereocenters. The molecule has 1 rings (SSSR count). The largest absolute Gasteiger partial charge is 0.392 e. The van der Waals surface area contributed by atoms with Crippen molar-refractivity contribution in [3.8, 4) is 0 Å². The fraction of sp³-hybridized carbons (Fsp3) is 0.625. The molecule has 0 radical (unpaired) electrons. The number of hydrogen-bond acceptors (Lipinski definition) is 4. The third-order valence-electron chi connectivity index (χ3n) is 1.89. The summed E-state index contributed by atoms with van der Waals surface area (Å²) in [5.41, 5.74) is 5.19. The normalized spacial score (nSPS) is 19.6. The van der Waals surface area contributed by atoms with Crippen molar-refractivity contribution in [2.45, 2.75) is 12.5 Å². The Kier molecular flexibility index (Phi) is 4.83. The average molecular weight is 247 g/mol. The molecular weight excluding hydrogens is 234 g/mol. The topological polar surface area (TPSA) is 84.2 Å². The second-order valence-corrected chi connectivity index (χ2v) is 4.86. The maximum atomic E-state index is 11.3. The van der Waals surface area contributed by atoms with Crippen LogP contribution < -0.4 is 16.4 Å². The van der Waals surface area contributed by atoms with Gasteiger partial charge in [-0.25, -0.2) is 0 Å². The Morgan fingerprint density at radius 1 is 1.47 bits per heavy atom. The number of nitrogens with two attached hydrogens (primary N) is 1. The van der Waals surface area contributed by atoms with E-state index in [1.165, 1.54) is 0 Å². The quantitative estimate of drug-likeness (QED) is 0.440. The zero-order valence-electron chi connectivity index (χ0n) is 8.12. The van der Waals surface area contributed by atoms with Crippen molar-refractivity contribution < 1.29 is 9.59 Å². The highest BCUT2D eigenvalue weighted by atomic mass is 32.2. The molecule has 1 aliphatic heterocycles. The summed E-state index contributed by atoms with van der Waals surface area (Å²) in [6, 6.07) is 0.109. The summed E-state index contributed by atoms with van der Waals surface area (Å²) in [5.74, 6) is 0.603. The van der Waals surface area contributed by atoms with Crippen LogP contribution in [0.15, 0.2) is 0 Å². The lowest BCUT2D eigenvalue weighted by Crippen LogP contribution is -2.46. The van der Waals surface area contributed by atoms with Crippen molar-refractivity contribution in [3.63, 3.8) is 0 Å². The predicted octanol–water partition coefficient (Wildman–Crippen LogP) is -0.990. The van der Waals surface area contributed by atoms with E-state index in [1.54, 1.807) is 11.8 Å². The molecule has 1 saturated heterocycles. The Labute approximate surface area is 97.5 Å². The molecule has 1 fully saturated rings. The van der Waals surface area contributed by atoms with Gasteiger partial charge in [0.15, 0.2) is 0 Å². The van der Waals surface area contributed by atoms with Gasteiger partial charge in [-0.1, -0.05) is 12.2 Å². The Morgan fingerprint density at radius 2 is 2.20 bits per heavy atom. The molecule has 15 heavy (non-hydrogen) atoms. The van der Waals surface area contributed by atoms with Gasteiger partial charge in [-0.05, 0) is 12.2 Å². The molecule has 0 saturated carbocycles. The van der Waals surface area contributed by atoms with E-state index in [-0.39, 0.29) is 17.6 Å². The summed E-state index contributed by atoms with van der Waals surface area (Å²) >= 11 is 6.34. The van der Waals surface area contributed by atoms with Gasteiger partial charge < -0.3 is 16.4 Å². The van der Waals surface area contributed by atoms with E-state index in [1.807, 2.05) is 0 Å². The number of amides is 2. The van der Waals surface area contributed by atoms with Crippen LogP contribution in [0, 0.1) is 0 Å². The Morgan fingerprint density at radius 3 is 2.73 bits per heavy atom. The molecule has 5 nitrogen and oxygen atoms in total. The number of rotatable bonds is 3. The summed E-state index contributed by atoms with van der Waals surface area (Å²) in [6.45, 7) is 0.0566. The smallest absolute Gasteiger partial charge is 0.309 e. The molecule has 0 spiro atoms. The minimum atomic E-state index is -0.681. The standard InChI is InChI=1S/C8H13N3O2S2/c9-6(14)3-10-7(12)8(13)11-5-1-2-15-4-5/h5H,1-4H2,(H2,9,14)(H,10,12)(H,11,13).